The second-order valence-electron chi connectivity index (χ2n) is 5.58. The molecule has 1 amide bonds. The fourth-order valence-electron chi connectivity index (χ4n) is 2.49. The number of rotatable bonds is 8. The van der Waals surface area contributed by atoms with Crippen LogP contribution in [0.5, 0.6) is 11.5 Å². The number of nitrogens with one attached hydrogen (secondary N) is 1. The van der Waals surface area contributed by atoms with Crippen LogP contribution >= 0.6 is 0 Å². The van der Waals surface area contributed by atoms with Crippen LogP contribution in [-0.2, 0) is 17.6 Å². The predicted molar refractivity (Wildman–Crippen MR) is 93.3 cm³/mol. The van der Waals surface area contributed by atoms with Crippen molar-refractivity contribution >= 4 is 11.9 Å². The Balaban J connectivity index is 1.90. The topological polar surface area (TPSA) is 84.9 Å². The van der Waals surface area contributed by atoms with Crippen LogP contribution in [0, 0.1) is 5.82 Å². The highest BCUT2D eigenvalue weighted by molar-refractivity contribution is 5.88. The number of carbonyl (C=O) groups is 2. The third-order valence-electron chi connectivity index (χ3n) is 3.83. The number of hydrogen-bond acceptors (Lipinski definition) is 4. The average molecular weight is 361 g/mol. The average Bonchev–Trinajstić information content (AvgIpc) is 2.61. The van der Waals surface area contributed by atoms with Gasteiger partial charge in [0.25, 0.3) is 0 Å². The summed E-state index contributed by atoms with van der Waals surface area (Å²) in [6.45, 7) is 0.347. The van der Waals surface area contributed by atoms with E-state index in [0.29, 0.717) is 24.3 Å². The van der Waals surface area contributed by atoms with Crippen LogP contribution in [-0.4, -0.2) is 37.7 Å². The number of carboxylic acid groups (broad SMARTS) is 1. The minimum atomic E-state index is -1.03. The Kier molecular flexibility index (Phi) is 6.54. The maximum absolute atomic E-state index is 13.6. The van der Waals surface area contributed by atoms with Crippen LogP contribution in [0.4, 0.5) is 4.39 Å². The zero-order valence-electron chi connectivity index (χ0n) is 14.5. The fourth-order valence-corrected chi connectivity index (χ4v) is 2.49. The lowest BCUT2D eigenvalue weighted by Crippen LogP contribution is -2.27. The summed E-state index contributed by atoms with van der Waals surface area (Å²) in [5, 5.41) is 11.7. The number of aromatic carboxylic acids is 1. The van der Waals surface area contributed by atoms with E-state index in [4.69, 9.17) is 14.6 Å². The number of hydrogen-bond donors (Lipinski definition) is 2. The SMILES string of the molecule is COc1ccc(CC(=O)NCCc2ccc(C(=O)O)cc2OC)cc1F. The number of amides is 1. The van der Waals surface area contributed by atoms with Crippen LogP contribution < -0.4 is 14.8 Å². The summed E-state index contributed by atoms with van der Waals surface area (Å²) < 4.78 is 23.7. The third kappa shape index (κ3) is 4.95. The van der Waals surface area contributed by atoms with Gasteiger partial charge in [-0.25, -0.2) is 9.18 Å². The third-order valence-corrected chi connectivity index (χ3v) is 3.83. The van der Waals surface area contributed by atoms with Crippen molar-refractivity contribution in [2.24, 2.45) is 0 Å². The molecule has 0 aliphatic heterocycles. The molecule has 0 bridgehead atoms. The lowest BCUT2D eigenvalue weighted by atomic mass is 10.1. The van der Waals surface area contributed by atoms with Crippen LogP contribution in [0.2, 0.25) is 0 Å². The first kappa shape index (κ1) is 19.2. The summed E-state index contributed by atoms with van der Waals surface area (Å²) in [4.78, 5) is 23.0. The van der Waals surface area contributed by atoms with Crippen molar-refractivity contribution in [1.82, 2.24) is 5.32 Å². The Morgan fingerprint density at radius 3 is 2.42 bits per heavy atom. The van der Waals surface area contributed by atoms with Gasteiger partial charge in [0, 0.05) is 6.54 Å². The first-order chi connectivity index (χ1) is 12.4. The Hall–Kier alpha value is -3.09. The smallest absolute Gasteiger partial charge is 0.335 e. The van der Waals surface area contributed by atoms with E-state index in [-0.39, 0.29) is 23.6 Å². The van der Waals surface area contributed by atoms with Crippen LogP contribution in [0.25, 0.3) is 0 Å². The molecule has 0 saturated heterocycles. The standard InChI is InChI=1S/C19H20FNO5/c1-25-16-6-3-12(9-15(16)20)10-18(22)21-8-7-13-4-5-14(19(23)24)11-17(13)26-2/h3-6,9,11H,7-8,10H2,1-2H3,(H,21,22)(H,23,24). The number of benzene rings is 2. The monoisotopic (exact) mass is 361 g/mol. The molecule has 2 rings (SSSR count). The number of methoxy groups -OCH3 is 2. The summed E-state index contributed by atoms with van der Waals surface area (Å²) >= 11 is 0. The Morgan fingerprint density at radius 1 is 1.08 bits per heavy atom. The zero-order valence-corrected chi connectivity index (χ0v) is 14.5. The van der Waals surface area contributed by atoms with Gasteiger partial charge in [-0.1, -0.05) is 12.1 Å². The van der Waals surface area contributed by atoms with Gasteiger partial charge >= 0.3 is 5.97 Å². The molecule has 138 valence electrons. The lowest BCUT2D eigenvalue weighted by Gasteiger charge is -2.10. The van der Waals surface area contributed by atoms with E-state index >= 15 is 0 Å². The highest BCUT2D eigenvalue weighted by Gasteiger charge is 2.10. The summed E-state index contributed by atoms with van der Waals surface area (Å²) in [7, 11) is 2.84. The van der Waals surface area contributed by atoms with E-state index in [2.05, 4.69) is 5.32 Å². The van der Waals surface area contributed by atoms with E-state index in [0.717, 1.165) is 5.56 Å². The van der Waals surface area contributed by atoms with Crippen molar-refractivity contribution in [3.05, 3.63) is 58.9 Å². The molecule has 0 fully saturated rings. The van der Waals surface area contributed by atoms with Gasteiger partial charge in [0.15, 0.2) is 11.6 Å². The summed E-state index contributed by atoms with van der Waals surface area (Å²) in [5.41, 5.74) is 1.47. The number of ether oxygens (including phenoxy) is 2. The summed E-state index contributed by atoms with van der Waals surface area (Å²) in [6, 6.07) is 8.98. The number of carboxylic acids is 1. The molecular formula is C19H20FNO5. The second-order valence-corrected chi connectivity index (χ2v) is 5.58. The quantitative estimate of drug-likeness (QED) is 0.754. The van der Waals surface area contributed by atoms with Crippen LogP contribution in [0.15, 0.2) is 36.4 Å². The first-order valence-electron chi connectivity index (χ1n) is 7.94. The number of carbonyl (C=O) groups excluding carboxylic acids is 1. The summed E-state index contributed by atoms with van der Waals surface area (Å²) in [5.74, 6) is -1.20. The van der Waals surface area contributed by atoms with Gasteiger partial charge in [0.2, 0.25) is 5.91 Å². The van der Waals surface area contributed by atoms with E-state index in [1.54, 1.807) is 12.1 Å². The molecule has 0 aliphatic rings. The Morgan fingerprint density at radius 2 is 1.81 bits per heavy atom. The second kappa shape index (κ2) is 8.84. The van der Waals surface area contributed by atoms with Crippen molar-refractivity contribution < 1.29 is 28.6 Å². The highest BCUT2D eigenvalue weighted by Crippen LogP contribution is 2.21. The molecular weight excluding hydrogens is 341 g/mol. The van der Waals surface area contributed by atoms with Gasteiger partial charge in [-0.3, -0.25) is 4.79 Å². The molecule has 0 unspecified atom stereocenters. The Bertz CT molecular complexity index is 807. The summed E-state index contributed by atoms with van der Waals surface area (Å²) in [6.07, 6.45) is 0.530. The largest absolute Gasteiger partial charge is 0.496 e. The van der Waals surface area contributed by atoms with E-state index in [9.17, 15) is 14.0 Å². The Labute approximate surface area is 150 Å². The molecule has 0 saturated carbocycles. The molecule has 0 spiro atoms. The molecule has 0 aromatic heterocycles. The van der Waals surface area contributed by atoms with Crippen LogP contribution in [0.3, 0.4) is 0 Å². The van der Waals surface area contributed by atoms with Crippen molar-refractivity contribution in [1.29, 1.82) is 0 Å². The molecule has 2 aromatic rings. The van der Waals surface area contributed by atoms with Gasteiger partial charge in [0.05, 0.1) is 26.2 Å². The van der Waals surface area contributed by atoms with Gasteiger partial charge < -0.3 is 19.9 Å². The lowest BCUT2D eigenvalue weighted by molar-refractivity contribution is -0.120. The van der Waals surface area contributed by atoms with E-state index < -0.39 is 11.8 Å². The molecule has 6 nitrogen and oxygen atoms in total. The van der Waals surface area contributed by atoms with Gasteiger partial charge in [0.1, 0.15) is 5.75 Å². The predicted octanol–water partition coefficient (Wildman–Crippen LogP) is 2.44. The number of halogens is 1. The molecule has 2 N–H and O–H groups in total. The van der Waals surface area contributed by atoms with Gasteiger partial charge in [-0.05, 0) is 41.8 Å². The normalized spacial score (nSPS) is 10.3. The first-order valence-corrected chi connectivity index (χ1v) is 7.94. The zero-order chi connectivity index (χ0) is 19.1. The van der Waals surface area contributed by atoms with Gasteiger partial charge in [-0.15, -0.1) is 0 Å². The molecule has 2 aromatic carbocycles. The fraction of sp³-hybridized carbons (Fsp3) is 0.263. The van der Waals surface area contributed by atoms with Gasteiger partial charge in [-0.2, -0.15) is 0 Å². The maximum Gasteiger partial charge on any atom is 0.335 e. The molecule has 0 atom stereocenters. The molecule has 26 heavy (non-hydrogen) atoms. The maximum atomic E-state index is 13.6. The van der Waals surface area contributed by atoms with Crippen molar-refractivity contribution in [2.45, 2.75) is 12.8 Å². The molecule has 0 aliphatic carbocycles. The van der Waals surface area contributed by atoms with Crippen LogP contribution in [0.1, 0.15) is 21.5 Å². The van der Waals surface area contributed by atoms with E-state index in [1.807, 2.05) is 0 Å². The molecule has 0 heterocycles. The minimum absolute atomic E-state index is 0.0516. The molecule has 0 radical (unpaired) electrons. The molecule has 7 heteroatoms. The van der Waals surface area contributed by atoms with Crippen molar-refractivity contribution in [3.8, 4) is 11.5 Å². The van der Waals surface area contributed by atoms with Crippen molar-refractivity contribution in [3.63, 3.8) is 0 Å². The van der Waals surface area contributed by atoms with E-state index in [1.165, 1.54) is 38.5 Å². The highest BCUT2D eigenvalue weighted by atomic mass is 19.1. The minimum Gasteiger partial charge on any atom is -0.496 e. The van der Waals surface area contributed by atoms with Crippen molar-refractivity contribution in [2.75, 3.05) is 20.8 Å².